The molecule has 0 radical (unpaired) electrons. The molecule has 2 amide bonds. The Kier molecular flexibility index (Phi) is 10.6. The van der Waals surface area contributed by atoms with Crippen molar-refractivity contribution in [2.45, 2.75) is 85.5 Å². The average Bonchev–Trinajstić information content (AvgIpc) is 3.37. The molecule has 10 heteroatoms. The minimum absolute atomic E-state index is 0.113. The first-order valence-corrected chi connectivity index (χ1v) is 15.7. The number of nitrogens with one attached hydrogen (secondary N) is 2. The third kappa shape index (κ3) is 7.03. The number of hydrogen-bond acceptors (Lipinski definition) is 6. The Hall–Kier alpha value is -3.60. The van der Waals surface area contributed by atoms with Gasteiger partial charge in [-0.3, -0.25) is 28.6 Å². The zero-order chi connectivity index (χ0) is 32.2. The molecular formula is C34H50N7O3+. The topological polar surface area (TPSA) is 101 Å². The molecule has 5 atom stereocenters. The SMILES string of the molecule is CC/C(=C(/C)C(=O)Nc1cc(NC(=O)CN2C(C)COCC2C)cnc1C)[N+]1(C)C(C)C=C(c2cnn(C)c2)C=CC1CC. The number of nitrogens with zero attached hydrogens (tertiary/aromatic N) is 5. The largest absolute Gasteiger partial charge is 0.378 e. The maximum atomic E-state index is 13.8. The predicted octanol–water partition coefficient (Wildman–Crippen LogP) is 5.06. The molecule has 4 heterocycles. The van der Waals surface area contributed by atoms with Gasteiger partial charge in [0.15, 0.2) is 0 Å². The molecule has 2 aromatic rings. The monoisotopic (exact) mass is 604 g/mol. The Morgan fingerprint density at radius 1 is 1.11 bits per heavy atom. The van der Waals surface area contributed by atoms with Crippen LogP contribution in [0.2, 0.25) is 0 Å². The normalized spacial score (nSPS) is 26.4. The fourth-order valence-electron chi connectivity index (χ4n) is 6.65. The molecule has 10 nitrogen and oxygen atoms in total. The summed E-state index contributed by atoms with van der Waals surface area (Å²) in [5, 5.41) is 10.4. The van der Waals surface area contributed by atoms with Crippen LogP contribution in [-0.2, 0) is 21.4 Å². The van der Waals surface area contributed by atoms with E-state index in [1.54, 1.807) is 12.3 Å². The van der Waals surface area contributed by atoms with Crippen molar-refractivity contribution < 1.29 is 18.8 Å². The van der Waals surface area contributed by atoms with Gasteiger partial charge in [-0.2, -0.15) is 5.10 Å². The van der Waals surface area contributed by atoms with E-state index in [0.29, 0.717) is 40.3 Å². The van der Waals surface area contributed by atoms with Crippen molar-refractivity contribution in [1.29, 1.82) is 0 Å². The summed E-state index contributed by atoms with van der Waals surface area (Å²) >= 11 is 0. The van der Waals surface area contributed by atoms with Gasteiger partial charge in [-0.25, -0.2) is 0 Å². The Balaban J connectivity index is 1.56. The van der Waals surface area contributed by atoms with Crippen molar-refractivity contribution in [2.75, 3.05) is 37.4 Å². The number of allylic oxidation sites excluding steroid dienone is 3. The summed E-state index contributed by atoms with van der Waals surface area (Å²) in [5.41, 5.74) is 5.80. The predicted molar refractivity (Wildman–Crippen MR) is 176 cm³/mol. The maximum Gasteiger partial charge on any atom is 0.256 e. The molecule has 5 unspecified atom stereocenters. The lowest BCUT2D eigenvalue weighted by atomic mass is 10.00. The number of hydrogen-bond donors (Lipinski definition) is 2. The average molecular weight is 605 g/mol. The Morgan fingerprint density at radius 2 is 1.82 bits per heavy atom. The molecule has 0 aliphatic carbocycles. The first-order chi connectivity index (χ1) is 20.9. The van der Waals surface area contributed by atoms with Crippen LogP contribution in [0.4, 0.5) is 11.4 Å². The van der Waals surface area contributed by atoms with Crippen molar-refractivity contribution >= 4 is 28.8 Å². The van der Waals surface area contributed by atoms with Crippen LogP contribution < -0.4 is 10.6 Å². The van der Waals surface area contributed by atoms with Gasteiger partial charge in [-0.1, -0.05) is 19.9 Å². The van der Waals surface area contributed by atoms with E-state index < -0.39 is 0 Å². The third-order valence-corrected chi connectivity index (χ3v) is 9.40. The summed E-state index contributed by atoms with van der Waals surface area (Å²) in [6.45, 7) is 15.9. The molecule has 0 saturated carbocycles. The molecule has 4 rings (SSSR count). The number of carbonyl (C=O) groups excluding carboxylic acids is 2. The van der Waals surface area contributed by atoms with Gasteiger partial charge in [0.2, 0.25) is 5.91 Å². The molecule has 2 aromatic heterocycles. The molecule has 1 saturated heterocycles. The Morgan fingerprint density at radius 3 is 2.43 bits per heavy atom. The van der Waals surface area contributed by atoms with Gasteiger partial charge in [-0.15, -0.1) is 0 Å². The zero-order valence-electron chi connectivity index (χ0n) is 27.8. The molecule has 238 valence electrons. The highest BCUT2D eigenvalue weighted by atomic mass is 16.5. The van der Waals surface area contributed by atoms with Gasteiger partial charge in [0.05, 0.1) is 61.8 Å². The maximum absolute atomic E-state index is 13.8. The van der Waals surface area contributed by atoms with Gasteiger partial charge in [0, 0.05) is 43.7 Å². The second-order valence-corrected chi connectivity index (χ2v) is 12.4. The summed E-state index contributed by atoms with van der Waals surface area (Å²) in [6.07, 6.45) is 14.0. The van der Waals surface area contributed by atoms with E-state index in [-0.39, 0.29) is 42.5 Å². The number of quaternary nitrogens is 1. The van der Waals surface area contributed by atoms with Crippen molar-refractivity contribution in [3.63, 3.8) is 0 Å². The zero-order valence-corrected chi connectivity index (χ0v) is 27.8. The molecule has 0 aromatic carbocycles. The number of likely N-dealkylation sites (N-methyl/N-ethyl adjacent to an activating group) is 1. The minimum Gasteiger partial charge on any atom is -0.378 e. The lowest BCUT2D eigenvalue weighted by molar-refractivity contribution is -0.908. The van der Waals surface area contributed by atoms with E-state index in [1.807, 2.05) is 38.0 Å². The third-order valence-electron chi connectivity index (χ3n) is 9.40. The molecule has 2 N–H and O–H groups in total. The van der Waals surface area contributed by atoms with Gasteiger partial charge < -0.3 is 15.4 Å². The standard InChI is InChI=1S/C34H49N7O3/c1-10-30-13-12-27(28-16-36-39(8)18-28)14-24(5)41(30,9)32(11-2)25(6)34(43)38-31-15-29(17-35-26(31)7)37-33(42)19-40-22(3)20-44-21-23(40)4/h12-18,22-24,30H,10-11,19-21H2,1-9H3,(H-,37,38,42,43)/p+1/b32-25+. The summed E-state index contributed by atoms with van der Waals surface area (Å²) in [4.78, 5) is 33.4. The second-order valence-electron chi connectivity index (χ2n) is 12.4. The summed E-state index contributed by atoms with van der Waals surface area (Å²) in [7, 11) is 4.16. The molecule has 44 heavy (non-hydrogen) atoms. The van der Waals surface area contributed by atoms with E-state index >= 15 is 0 Å². The van der Waals surface area contributed by atoms with Crippen LogP contribution in [0.1, 0.15) is 65.6 Å². The van der Waals surface area contributed by atoms with Gasteiger partial charge in [0.25, 0.3) is 5.91 Å². The van der Waals surface area contributed by atoms with Crippen molar-refractivity contribution in [1.82, 2.24) is 19.7 Å². The van der Waals surface area contributed by atoms with Crippen LogP contribution >= 0.6 is 0 Å². The Bertz CT molecular complexity index is 1450. The minimum atomic E-state index is -0.169. The summed E-state index contributed by atoms with van der Waals surface area (Å²) in [5.74, 6) is -0.292. The number of aryl methyl sites for hydroxylation is 2. The van der Waals surface area contributed by atoms with E-state index in [4.69, 9.17) is 4.74 Å². The number of morpholine rings is 1. The van der Waals surface area contributed by atoms with Crippen LogP contribution in [0.5, 0.6) is 0 Å². The number of pyridine rings is 1. The van der Waals surface area contributed by atoms with Crippen LogP contribution in [0, 0.1) is 6.92 Å². The van der Waals surface area contributed by atoms with Crippen molar-refractivity contribution in [2.24, 2.45) is 7.05 Å². The van der Waals surface area contributed by atoms with Gasteiger partial charge in [-0.05, 0) is 58.4 Å². The number of carbonyl (C=O) groups is 2. The first kappa shape index (κ1) is 33.3. The number of ether oxygens (including phenoxy) is 1. The molecule has 1 fully saturated rings. The number of amides is 2. The number of rotatable bonds is 9. The smallest absolute Gasteiger partial charge is 0.256 e. The van der Waals surface area contributed by atoms with Crippen LogP contribution in [0.25, 0.3) is 5.57 Å². The Labute approximate surface area is 262 Å². The van der Waals surface area contributed by atoms with E-state index in [0.717, 1.165) is 29.7 Å². The van der Waals surface area contributed by atoms with Crippen molar-refractivity contribution in [3.8, 4) is 0 Å². The molecule has 0 spiro atoms. The van der Waals surface area contributed by atoms with E-state index in [9.17, 15) is 9.59 Å². The highest BCUT2D eigenvalue weighted by Crippen LogP contribution is 2.36. The summed E-state index contributed by atoms with van der Waals surface area (Å²) in [6, 6.07) is 2.41. The molecule has 0 bridgehead atoms. The molecule has 2 aliphatic heterocycles. The molecule has 2 aliphatic rings. The number of anilines is 2. The first-order valence-electron chi connectivity index (χ1n) is 15.7. The quantitative estimate of drug-likeness (QED) is 0.307. The molecular weight excluding hydrogens is 554 g/mol. The second kappa shape index (κ2) is 14.0. The fourth-order valence-corrected chi connectivity index (χ4v) is 6.65. The lowest BCUT2D eigenvalue weighted by Crippen LogP contribution is -2.55. The fraction of sp³-hybridized carbons (Fsp3) is 0.529. The number of aromatic nitrogens is 3. The highest BCUT2D eigenvalue weighted by Gasteiger charge is 2.41. The lowest BCUT2D eigenvalue weighted by Gasteiger charge is -2.45. The van der Waals surface area contributed by atoms with E-state index in [1.165, 1.54) is 0 Å². The van der Waals surface area contributed by atoms with Gasteiger partial charge >= 0.3 is 0 Å². The van der Waals surface area contributed by atoms with Crippen molar-refractivity contribution in [3.05, 3.63) is 65.4 Å². The highest BCUT2D eigenvalue weighted by molar-refractivity contribution is 6.04. The van der Waals surface area contributed by atoms with Crippen LogP contribution in [0.3, 0.4) is 0 Å². The van der Waals surface area contributed by atoms with Crippen LogP contribution in [0.15, 0.2) is 54.2 Å². The van der Waals surface area contributed by atoms with E-state index in [2.05, 4.69) is 85.5 Å². The van der Waals surface area contributed by atoms with Crippen LogP contribution in [-0.4, -0.2) is 86.9 Å². The van der Waals surface area contributed by atoms with Gasteiger partial charge in [0.1, 0.15) is 17.8 Å². The summed E-state index contributed by atoms with van der Waals surface area (Å²) < 4.78 is 8.02.